The monoisotopic (exact) mass is 663 g/mol. The van der Waals surface area contributed by atoms with E-state index in [4.69, 9.17) is 19.9 Å². The molecule has 5 nitrogen and oxygen atoms in total. The van der Waals surface area contributed by atoms with E-state index in [1.165, 1.54) is 16.3 Å². The van der Waals surface area contributed by atoms with Crippen molar-refractivity contribution in [3.63, 3.8) is 0 Å². The summed E-state index contributed by atoms with van der Waals surface area (Å²) in [6.45, 7) is 0. The zero-order valence-electron chi connectivity index (χ0n) is 28.0. The highest BCUT2D eigenvalue weighted by Crippen LogP contribution is 2.33. The van der Waals surface area contributed by atoms with Crippen LogP contribution in [0.15, 0.2) is 176 Å². The van der Waals surface area contributed by atoms with Gasteiger partial charge in [0, 0.05) is 57.0 Å². The third kappa shape index (κ3) is 5.32. The van der Waals surface area contributed by atoms with Gasteiger partial charge >= 0.3 is 0 Å². The number of pyridine rings is 3. The van der Waals surface area contributed by atoms with E-state index >= 15 is 0 Å². The summed E-state index contributed by atoms with van der Waals surface area (Å²) < 4.78 is 0. The van der Waals surface area contributed by atoms with Crippen LogP contribution in [0, 0.1) is 0 Å². The van der Waals surface area contributed by atoms with Crippen molar-refractivity contribution < 1.29 is 0 Å². The third-order valence-electron chi connectivity index (χ3n) is 9.81. The van der Waals surface area contributed by atoms with Crippen molar-refractivity contribution in [2.45, 2.75) is 0 Å². The molecule has 0 unspecified atom stereocenters. The molecule has 0 spiro atoms. The van der Waals surface area contributed by atoms with Crippen LogP contribution in [0.5, 0.6) is 0 Å². The summed E-state index contributed by atoms with van der Waals surface area (Å²) in [6.07, 6.45) is 5.58. The van der Waals surface area contributed by atoms with Crippen LogP contribution in [0.1, 0.15) is 0 Å². The second kappa shape index (κ2) is 12.3. The third-order valence-corrected chi connectivity index (χ3v) is 9.81. The smallest absolute Gasteiger partial charge is 0.159 e. The van der Waals surface area contributed by atoms with Crippen molar-refractivity contribution in [3.05, 3.63) is 176 Å². The minimum Gasteiger partial charge on any atom is -0.256 e. The van der Waals surface area contributed by atoms with E-state index in [1.807, 2.05) is 36.8 Å². The maximum atomic E-state index is 5.21. The highest BCUT2D eigenvalue weighted by molar-refractivity contribution is 6.04. The highest BCUT2D eigenvalue weighted by Gasteiger charge is 2.12. The molecular weight excluding hydrogens is 635 g/mol. The van der Waals surface area contributed by atoms with Crippen LogP contribution in [0.4, 0.5) is 0 Å². The van der Waals surface area contributed by atoms with Crippen LogP contribution in [-0.2, 0) is 0 Å². The van der Waals surface area contributed by atoms with Crippen molar-refractivity contribution in [3.8, 4) is 56.2 Å². The lowest BCUT2D eigenvalue weighted by atomic mass is 9.98. The Morgan fingerprint density at radius 3 is 1.75 bits per heavy atom. The molecule has 0 atom stereocenters. The Morgan fingerprint density at radius 1 is 0.346 bits per heavy atom. The van der Waals surface area contributed by atoms with Crippen LogP contribution in [0.25, 0.3) is 99.6 Å². The summed E-state index contributed by atoms with van der Waals surface area (Å²) >= 11 is 0. The Morgan fingerprint density at radius 2 is 0.962 bits per heavy atom. The Bertz CT molecular complexity index is 2950. The SMILES string of the molecule is c1cc(-c2ccc3ccccc3c2)cc(-c2ccc3ccc4ccc(-c5ccc(-c6ncc(-c7cccc8ncccc78)cn6)cc5)nc4c3n2)c1. The molecule has 0 aliphatic carbocycles. The molecule has 0 fully saturated rings. The number of benzene rings is 6. The first kappa shape index (κ1) is 29.8. The molecular formula is C47H29N5. The summed E-state index contributed by atoms with van der Waals surface area (Å²) in [6, 6.07) is 54.8. The first-order valence-corrected chi connectivity index (χ1v) is 17.3. The minimum atomic E-state index is 0.674. The van der Waals surface area contributed by atoms with Crippen molar-refractivity contribution in [1.82, 2.24) is 24.9 Å². The van der Waals surface area contributed by atoms with E-state index < -0.39 is 0 Å². The van der Waals surface area contributed by atoms with Crippen LogP contribution in [0.2, 0.25) is 0 Å². The fraction of sp³-hybridized carbons (Fsp3) is 0. The van der Waals surface area contributed by atoms with E-state index in [0.717, 1.165) is 77.5 Å². The molecule has 0 saturated heterocycles. The van der Waals surface area contributed by atoms with E-state index in [1.54, 1.807) is 0 Å². The Kier molecular flexibility index (Phi) is 7.07. The average molecular weight is 664 g/mol. The highest BCUT2D eigenvalue weighted by atomic mass is 14.9. The van der Waals surface area contributed by atoms with Gasteiger partial charge < -0.3 is 0 Å². The molecule has 0 amide bonds. The second-order valence-corrected chi connectivity index (χ2v) is 13.0. The normalized spacial score (nSPS) is 11.5. The molecule has 0 bridgehead atoms. The molecule has 0 radical (unpaired) electrons. The summed E-state index contributed by atoms with van der Waals surface area (Å²) in [5, 5.41) is 5.66. The van der Waals surface area contributed by atoms with Crippen molar-refractivity contribution >= 4 is 43.5 Å². The zero-order valence-corrected chi connectivity index (χ0v) is 28.0. The van der Waals surface area contributed by atoms with Crippen molar-refractivity contribution in [1.29, 1.82) is 0 Å². The van der Waals surface area contributed by atoms with Gasteiger partial charge in [-0.25, -0.2) is 19.9 Å². The standard InChI is InChI=1S/C47H29N5/c1-2-7-35-26-37(20-13-30(35)6-1)36-8-3-9-38(27-36)43-24-22-33-17-16-32-21-23-42(51-45(32)46(33)52-43)31-14-18-34(19-15-31)47-49-28-39(29-50-47)40-10-4-12-44-41(40)11-5-25-48-44/h1-29H. The molecule has 0 N–H and O–H groups in total. The summed E-state index contributed by atoms with van der Waals surface area (Å²) in [7, 11) is 0. The molecule has 242 valence electrons. The Balaban J connectivity index is 0.962. The lowest BCUT2D eigenvalue weighted by molar-refractivity contribution is 1.18. The predicted molar refractivity (Wildman–Crippen MR) is 213 cm³/mol. The first-order chi connectivity index (χ1) is 25.7. The fourth-order valence-electron chi connectivity index (χ4n) is 7.08. The lowest BCUT2D eigenvalue weighted by Crippen LogP contribution is -1.92. The topological polar surface area (TPSA) is 64.5 Å². The van der Waals surface area contributed by atoms with E-state index in [0.29, 0.717) is 5.82 Å². The first-order valence-electron chi connectivity index (χ1n) is 17.3. The van der Waals surface area contributed by atoms with Gasteiger partial charge in [-0.3, -0.25) is 4.98 Å². The molecule has 0 saturated carbocycles. The number of nitrogens with zero attached hydrogens (tertiary/aromatic N) is 5. The molecule has 0 aliphatic heterocycles. The molecule has 10 aromatic rings. The van der Waals surface area contributed by atoms with Crippen LogP contribution < -0.4 is 0 Å². The average Bonchev–Trinajstić information content (AvgIpc) is 3.23. The molecule has 52 heavy (non-hydrogen) atoms. The van der Waals surface area contributed by atoms with E-state index in [9.17, 15) is 0 Å². The van der Waals surface area contributed by atoms with E-state index in [2.05, 4.69) is 145 Å². The molecule has 6 aromatic carbocycles. The Hall–Kier alpha value is -7.11. The number of hydrogen-bond acceptors (Lipinski definition) is 5. The number of fused-ring (bicyclic) bond motifs is 5. The molecule has 10 rings (SSSR count). The van der Waals surface area contributed by atoms with Gasteiger partial charge in [0.15, 0.2) is 5.82 Å². The maximum Gasteiger partial charge on any atom is 0.159 e. The Labute approximate surface area is 300 Å². The van der Waals surface area contributed by atoms with Crippen molar-refractivity contribution in [2.24, 2.45) is 0 Å². The molecule has 5 heteroatoms. The van der Waals surface area contributed by atoms with Crippen LogP contribution in [0.3, 0.4) is 0 Å². The predicted octanol–water partition coefficient (Wildman–Crippen LogP) is 11.6. The summed E-state index contributed by atoms with van der Waals surface area (Å²) in [4.78, 5) is 24.3. The van der Waals surface area contributed by atoms with Crippen LogP contribution >= 0.6 is 0 Å². The van der Waals surface area contributed by atoms with Gasteiger partial charge in [-0.15, -0.1) is 0 Å². The van der Waals surface area contributed by atoms with Gasteiger partial charge in [0.2, 0.25) is 0 Å². The summed E-state index contributed by atoms with van der Waals surface area (Å²) in [5.41, 5.74) is 11.9. The van der Waals surface area contributed by atoms with Gasteiger partial charge in [-0.1, -0.05) is 121 Å². The second-order valence-electron chi connectivity index (χ2n) is 13.0. The van der Waals surface area contributed by atoms with E-state index in [-0.39, 0.29) is 0 Å². The quantitative estimate of drug-likeness (QED) is 0.171. The number of hydrogen-bond donors (Lipinski definition) is 0. The molecule has 0 aliphatic rings. The van der Waals surface area contributed by atoms with Gasteiger partial charge in [0.25, 0.3) is 0 Å². The summed E-state index contributed by atoms with van der Waals surface area (Å²) in [5.74, 6) is 0.674. The van der Waals surface area contributed by atoms with Crippen molar-refractivity contribution in [2.75, 3.05) is 0 Å². The fourth-order valence-corrected chi connectivity index (χ4v) is 7.08. The van der Waals surface area contributed by atoms with Crippen LogP contribution in [-0.4, -0.2) is 24.9 Å². The lowest BCUT2D eigenvalue weighted by Gasteiger charge is -2.10. The zero-order chi connectivity index (χ0) is 34.4. The number of rotatable bonds is 5. The minimum absolute atomic E-state index is 0.674. The largest absolute Gasteiger partial charge is 0.256 e. The van der Waals surface area contributed by atoms with Gasteiger partial charge in [0.1, 0.15) is 0 Å². The maximum absolute atomic E-state index is 5.21. The van der Waals surface area contributed by atoms with Gasteiger partial charge in [-0.05, 0) is 63.9 Å². The molecule has 4 heterocycles. The molecule has 4 aromatic heterocycles. The van der Waals surface area contributed by atoms with Gasteiger partial charge in [-0.2, -0.15) is 0 Å². The number of aromatic nitrogens is 5. The van der Waals surface area contributed by atoms with Gasteiger partial charge in [0.05, 0.1) is 27.9 Å².